The SMILES string of the molecule is FC(F)(F)Oc1cccc(-c2cccc(C(F)(F)F)c2)c1.FC(F)(F)Oc1ccccc1-c1ccccc1OC(F)(F)F.FC(F)(F)c1cccc(-c2cccc(C(F)(F)F)c2)c1.FC(F)(F)c1ccccc1-c1ccccc1C(F)(F)F. The number of hydrogen-bond donors (Lipinski definition) is 0. The highest BCUT2D eigenvalue weighted by Gasteiger charge is 2.39. The van der Waals surface area contributed by atoms with E-state index in [1.807, 2.05) is 0 Å². The van der Waals surface area contributed by atoms with Crippen LogP contribution in [0.3, 0.4) is 0 Å². The minimum absolute atomic E-state index is 0.0888. The van der Waals surface area contributed by atoms with Crippen LogP contribution in [-0.2, 0) is 30.9 Å². The number of para-hydroxylation sites is 2. The molecule has 0 bridgehead atoms. The molecule has 0 amide bonds. The largest absolute Gasteiger partial charge is 0.573 e. The van der Waals surface area contributed by atoms with Crippen LogP contribution in [0.1, 0.15) is 27.8 Å². The summed E-state index contributed by atoms with van der Waals surface area (Å²) in [6.45, 7) is 0. The third kappa shape index (κ3) is 20.2. The molecule has 8 aromatic carbocycles. The summed E-state index contributed by atoms with van der Waals surface area (Å²) in [6.07, 6.45) is -37.8. The lowest BCUT2D eigenvalue weighted by atomic mass is 9.95. The molecule has 0 aliphatic carbocycles. The van der Waals surface area contributed by atoms with E-state index >= 15 is 0 Å². The Hall–Kier alpha value is -8.52. The van der Waals surface area contributed by atoms with Crippen molar-refractivity contribution >= 4 is 0 Å². The van der Waals surface area contributed by atoms with Crippen molar-refractivity contribution in [2.45, 2.75) is 50.0 Å². The number of hydrogen-bond acceptors (Lipinski definition) is 3. The number of benzene rings is 8. The first kappa shape index (κ1) is 65.3. The van der Waals surface area contributed by atoms with Crippen molar-refractivity contribution in [3.05, 3.63) is 222 Å². The first-order valence-electron chi connectivity index (χ1n) is 22.6. The molecule has 83 heavy (non-hydrogen) atoms. The molecule has 0 atom stereocenters. The molecule has 27 heteroatoms. The van der Waals surface area contributed by atoms with Crippen LogP contribution < -0.4 is 14.2 Å². The van der Waals surface area contributed by atoms with Gasteiger partial charge >= 0.3 is 50.0 Å². The molecular formula is C56H32F24O3. The second-order valence-electron chi connectivity index (χ2n) is 16.5. The average Bonchev–Trinajstić information content (AvgIpc) is 3.44. The van der Waals surface area contributed by atoms with Gasteiger partial charge in [0.05, 0.1) is 27.8 Å². The maximum absolute atomic E-state index is 12.9. The van der Waals surface area contributed by atoms with Gasteiger partial charge in [-0.3, -0.25) is 0 Å². The molecule has 0 saturated heterocycles. The second-order valence-corrected chi connectivity index (χ2v) is 16.5. The molecular weight excluding hydrogens is 1180 g/mol. The monoisotopic (exact) mass is 1210 g/mol. The van der Waals surface area contributed by atoms with Crippen LogP contribution in [0.15, 0.2) is 194 Å². The third-order valence-electron chi connectivity index (χ3n) is 10.6. The Bertz CT molecular complexity index is 3230. The van der Waals surface area contributed by atoms with E-state index in [9.17, 15) is 105 Å². The number of halogens is 24. The Labute approximate surface area is 452 Å². The van der Waals surface area contributed by atoms with Crippen molar-refractivity contribution in [2.75, 3.05) is 0 Å². The van der Waals surface area contributed by atoms with Crippen LogP contribution >= 0.6 is 0 Å². The summed E-state index contributed by atoms with van der Waals surface area (Å²) < 4.78 is 313. The summed E-state index contributed by atoms with van der Waals surface area (Å²) in [5.41, 5.74) is -5.60. The van der Waals surface area contributed by atoms with Crippen LogP contribution in [0.4, 0.5) is 105 Å². The van der Waals surface area contributed by atoms with Gasteiger partial charge < -0.3 is 14.2 Å². The summed E-state index contributed by atoms with van der Waals surface area (Å²) >= 11 is 0. The Kier molecular flexibility index (Phi) is 20.2. The van der Waals surface area contributed by atoms with E-state index in [1.165, 1.54) is 97.1 Å². The van der Waals surface area contributed by atoms with E-state index < -0.39 is 106 Å². The minimum atomic E-state index is -4.96. The van der Waals surface area contributed by atoms with Crippen molar-refractivity contribution in [3.8, 4) is 61.8 Å². The number of rotatable bonds is 7. The standard InChI is InChI=1S/C14H8F6O2.C14H8F6O.2C14H8F6/c15-13(16,17)21-11-7-3-1-5-9(11)10-6-2-4-8-12(10)22-14(18,19)20;15-13(16,17)11-5-1-3-9(7-11)10-4-2-6-12(8-10)21-14(18,19)20;15-13(16,17)11-5-1-3-9(7-11)10-4-2-6-12(8-10)14(18,19)20;15-13(16,17)11-7-3-1-5-9(11)10-6-2-4-8-12(10)14(18,19)20/h1-8H;1-8H;2*1-8H. The molecule has 442 valence electrons. The topological polar surface area (TPSA) is 27.7 Å². The zero-order chi connectivity index (χ0) is 62.0. The molecule has 0 unspecified atom stereocenters. The zero-order valence-electron chi connectivity index (χ0n) is 40.8. The van der Waals surface area contributed by atoms with Gasteiger partial charge in [0.1, 0.15) is 17.2 Å². The minimum Gasteiger partial charge on any atom is -0.406 e. The number of ether oxygens (including phenoxy) is 3. The van der Waals surface area contributed by atoms with Crippen molar-refractivity contribution in [1.29, 1.82) is 0 Å². The molecule has 0 heterocycles. The van der Waals surface area contributed by atoms with Crippen LogP contribution in [0, 0.1) is 0 Å². The van der Waals surface area contributed by atoms with E-state index in [2.05, 4.69) is 14.2 Å². The van der Waals surface area contributed by atoms with Crippen LogP contribution in [-0.4, -0.2) is 19.1 Å². The van der Waals surface area contributed by atoms with Crippen molar-refractivity contribution in [3.63, 3.8) is 0 Å². The van der Waals surface area contributed by atoms with Gasteiger partial charge in [0, 0.05) is 11.1 Å². The molecule has 8 rings (SSSR count). The Morgan fingerprint density at radius 3 is 0.771 bits per heavy atom. The maximum Gasteiger partial charge on any atom is 0.573 e. The first-order chi connectivity index (χ1) is 38.2. The lowest BCUT2D eigenvalue weighted by Crippen LogP contribution is -2.18. The highest BCUT2D eigenvalue weighted by Crippen LogP contribution is 2.44. The summed E-state index contributed by atoms with van der Waals surface area (Å²) in [4.78, 5) is 0. The molecule has 0 spiro atoms. The molecule has 0 fully saturated rings. The maximum atomic E-state index is 12.9. The van der Waals surface area contributed by atoms with E-state index in [1.54, 1.807) is 0 Å². The fraction of sp³-hybridized carbons (Fsp3) is 0.143. The van der Waals surface area contributed by atoms with Crippen LogP contribution in [0.5, 0.6) is 17.2 Å². The van der Waals surface area contributed by atoms with Gasteiger partial charge in [0.15, 0.2) is 0 Å². The molecule has 0 aliphatic heterocycles. The van der Waals surface area contributed by atoms with Crippen molar-refractivity contribution in [2.24, 2.45) is 0 Å². The predicted octanol–water partition coefficient (Wildman–Crippen LogP) is 21.2. The van der Waals surface area contributed by atoms with Gasteiger partial charge in [0.25, 0.3) is 0 Å². The summed E-state index contributed by atoms with van der Waals surface area (Å²) in [5, 5.41) is 0. The lowest BCUT2D eigenvalue weighted by Gasteiger charge is -2.17. The van der Waals surface area contributed by atoms with E-state index in [4.69, 9.17) is 0 Å². The van der Waals surface area contributed by atoms with Gasteiger partial charge in [-0.05, 0) is 106 Å². The number of alkyl halides is 24. The third-order valence-corrected chi connectivity index (χ3v) is 10.6. The average molecular weight is 1210 g/mol. The predicted molar refractivity (Wildman–Crippen MR) is 253 cm³/mol. The molecule has 3 nitrogen and oxygen atoms in total. The quantitative estimate of drug-likeness (QED) is 0.149. The fourth-order valence-electron chi connectivity index (χ4n) is 7.23. The van der Waals surface area contributed by atoms with E-state index in [0.717, 1.165) is 97.1 Å². The summed E-state index contributed by atoms with van der Waals surface area (Å²) in [7, 11) is 0. The summed E-state index contributed by atoms with van der Waals surface area (Å²) in [6, 6.07) is 35.7. The smallest absolute Gasteiger partial charge is 0.406 e. The van der Waals surface area contributed by atoms with Gasteiger partial charge in [-0.1, -0.05) is 121 Å². The van der Waals surface area contributed by atoms with Crippen LogP contribution in [0.25, 0.3) is 44.5 Å². The molecule has 0 aliphatic rings. The first-order valence-corrected chi connectivity index (χ1v) is 22.6. The van der Waals surface area contributed by atoms with E-state index in [0.29, 0.717) is 0 Å². The Balaban J connectivity index is 0.000000203. The Morgan fingerprint density at radius 1 is 0.217 bits per heavy atom. The normalized spacial score (nSPS) is 12.3. The highest BCUT2D eigenvalue weighted by molar-refractivity contribution is 5.76. The van der Waals surface area contributed by atoms with Gasteiger partial charge in [-0.15, -0.1) is 39.5 Å². The molecule has 0 N–H and O–H groups in total. The lowest BCUT2D eigenvalue weighted by molar-refractivity contribution is -0.276. The van der Waals surface area contributed by atoms with Crippen molar-refractivity contribution < 1.29 is 120 Å². The molecule has 0 saturated carbocycles. The van der Waals surface area contributed by atoms with E-state index in [-0.39, 0.29) is 33.4 Å². The van der Waals surface area contributed by atoms with Gasteiger partial charge in [-0.2, -0.15) is 65.9 Å². The second kappa shape index (κ2) is 25.7. The van der Waals surface area contributed by atoms with Gasteiger partial charge in [-0.25, -0.2) is 0 Å². The molecule has 0 aromatic heterocycles. The highest BCUT2D eigenvalue weighted by atomic mass is 19.4. The van der Waals surface area contributed by atoms with Gasteiger partial charge in [0.2, 0.25) is 0 Å². The summed E-state index contributed by atoms with van der Waals surface area (Å²) in [5.74, 6) is -1.72. The Morgan fingerprint density at radius 2 is 0.482 bits per heavy atom. The van der Waals surface area contributed by atoms with Crippen molar-refractivity contribution in [1.82, 2.24) is 0 Å². The molecule has 8 aromatic rings. The fourth-order valence-corrected chi connectivity index (χ4v) is 7.23. The van der Waals surface area contributed by atoms with Crippen LogP contribution in [0.2, 0.25) is 0 Å². The molecule has 0 radical (unpaired) electrons. The zero-order valence-corrected chi connectivity index (χ0v) is 40.8.